The van der Waals surface area contributed by atoms with Crippen LogP contribution in [-0.2, 0) is 0 Å². The summed E-state index contributed by atoms with van der Waals surface area (Å²) in [5.41, 5.74) is 2.47. The zero-order valence-corrected chi connectivity index (χ0v) is 11.0. The zero-order valence-electron chi connectivity index (χ0n) is 11.0. The standard InChI is InChI=1S/C15H18N2O2/c1-3-8-17(9-10-18)15(19)14-11(2)16-13-7-5-4-6-12(13)14/h3-7,16,18H,1,8-10H2,2H3. The number of aryl methyl sites for hydroxylation is 1. The van der Waals surface area contributed by atoms with Gasteiger partial charge in [-0.25, -0.2) is 0 Å². The molecule has 0 saturated heterocycles. The van der Waals surface area contributed by atoms with Crippen LogP contribution in [0.3, 0.4) is 0 Å². The summed E-state index contributed by atoms with van der Waals surface area (Å²) in [4.78, 5) is 17.4. The minimum Gasteiger partial charge on any atom is -0.395 e. The summed E-state index contributed by atoms with van der Waals surface area (Å²) in [7, 11) is 0. The molecular formula is C15H18N2O2. The van der Waals surface area contributed by atoms with Gasteiger partial charge in [0.15, 0.2) is 0 Å². The van der Waals surface area contributed by atoms with Gasteiger partial charge in [-0.1, -0.05) is 24.3 Å². The van der Waals surface area contributed by atoms with Crippen LogP contribution in [0.2, 0.25) is 0 Å². The van der Waals surface area contributed by atoms with Crippen molar-refractivity contribution < 1.29 is 9.90 Å². The van der Waals surface area contributed by atoms with E-state index in [4.69, 9.17) is 5.11 Å². The number of hydrogen-bond acceptors (Lipinski definition) is 2. The van der Waals surface area contributed by atoms with Crippen LogP contribution in [0, 0.1) is 6.92 Å². The Labute approximate surface area is 112 Å². The van der Waals surface area contributed by atoms with Gasteiger partial charge in [0.25, 0.3) is 5.91 Å². The zero-order chi connectivity index (χ0) is 13.8. The second-order valence-corrected chi connectivity index (χ2v) is 4.43. The van der Waals surface area contributed by atoms with Crippen LogP contribution in [0.15, 0.2) is 36.9 Å². The van der Waals surface area contributed by atoms with E-state index in [1.165, 1.54) is 0 Å². The van der Waals surface area contributed by atoms with Crippen LogP contribution in [0.25, 0.3) is 10.9 Å². The third-order valence-electron chi connectivity index (χ3n) is 3.11. The Balaban J connectivity index is 2.44. The summed E-state index contributed by atoms with van der Waals surface area (Å²) in [6.07, 6.45) is 1.66. The molecule has 0 aliphatic rings. The smallest absolute Gasteiger partial charge is 0.256 e. The highest BCUT2D eigenvalue weighted by molar-refractivity contribution is 6.08. The molecule has 100 valence electrons. The van der Waals surface area contributed by atoms with Crippen LogP contribution in [-0.4, -0.2) is 40.6 Å². The molecular weight excluding hydrogens is 240 g/mol. The van der Waals surface area contributed by atoms with E-state index >= 15 is 0 Å². The summed E-state index contributed by atoms with van der Waals surface area (Å²) < 4.78 is 0. The third kappa shape index (κ3) is 2.53. The van der Waals surface area contributed by atoms with E-state index in [0.29, 0.717) is 18.7 Å². The first kappa shape index (κ1) is 13.4. The van der Waals surface area contributed by atoms with Crippen molar-refractivity contribution in [2.45, 2.75) is 6.92 Å². The number of nitrogens with one attached hydrogen (secondary N) is 1. The molecule has 0 radical (unpaired) electrons. The lowest BCUT2D eigenvalue weighted by atomic mass is 10.1. The Morgan fingerprint density at radius 1 is 1.47 bits per heavy atom. The van der Waals surface area contributed by atoms with Gasteiger partial charge >= 0.3 is 0 Å². The number of para-hydroxylation sites is 1. The number of aromatic nitrogens is 1. The summed E-state index contributed by atoms with van der Waals surface area (Å²) >= 11 is 0. The molecule has 1 aromatic carbocycles. The third-order valence-corrected chi connectivity index (χ3v) is 3.11. The number of carbonyl (C=O) groups excluding carboxylic acids is 1. The van der Waals surface area contributed by atoms with Crippen molar-refractivity contribution in [3.8, 4) is 0 Å². The second kappa shape index (κ2) is 5.71. The van der Waals surface area contributed by atoms with Crippen molar-refractivity contribution in [2.75, 3.05) is 19.7 Å². The SMILES string of the molecule is C=CCN(CCO)C(=O)c1c(C)[nH]c2ccccc12. The molecule has 0 unspecified atom stereocenters. The molecule has 19 heavy (non-hydrogen) atoms. The fourth-order valence-corrected chi connectivity index (χ4v) is 2.26. The number of aliphatic hydroxyl groups is 1. The number of H-pyrrole nitrogens is 1. The molecule has 1 heterocycles. The van der Waals surface area contributed by atoms with Gasteiger partial charge in [-0.3, -0.25) is 4.79 Å². The highest BCUT2D eigenvalue weighted by Crippen LogP contribution is 2.23. The first-order valence-corrected chi connectivity index (χ1v) is 6.27. The monoisotopic (exact) mass is 258 g/mol. The van der Waals surface area contributed by atoms with Crippen molar-refractivity contribution in [1.82, 2.24) is 9.88 Å². The fraction of sp³-hybridized carbons (Fsp3) is 0.267. The second-order valence-electron chi connectivity index (χ2n) is 4.43. The number of benzene rings is 1. The maximum Gasteiger partial charge on any atom is 0.256 e. The van der Waals surface area contributed by atoms with Crippen LogP contribution in [0.4, 0.5) is 0 Å². The number of hydrogen-bond donors (Lipinski definition) is 2. The van der Waals surface area contributed by atoms with Crippen molar-refractivity contribution in [3.05, 3.63) is 48.2 Å². The van der Waals surface area contributed by atoms with E-state index in [1.807, 2.05) is 31.2 Å². The van der Waals surface area contributed by atoms with Crippen LogP contribution in [0.5, 0.6) is 0 Å². The Morgan fingerprint density at radius 3 is 2.89 bits per heavy atom. The van der Waals surface area contributed by atoms with Crippen LogP contribution >= 0.6 is 0 Å². The van der Waals surface area contributed by atoms with Gasteiger partial charge in [0.1, 0.15) is 0 Å². The predicted octanol–water partition coefficient (Wildman–Crippen LogP) is 2.10. The highest BCUT2D eigenvalue weighted by atomic mass is 16.3. The van der Waals surface area contributed by atoms with Gasteiger partial charge in [0, 0.05) is 29.7 Å². The van der Waals surface area contributed by atoms with Gasteiger partial charge in [-0.05, 0) is 13.0 Å². The van der Waals surface area contributed by atoms with E-state index in [2.05, 4.69) is 11.6 Å². The Hall–Kier alpha value is -2.07. The van der Waals surface area contributed by atoms with E-state index in [0.717, 1.165) is 16.6 Å². The molecule has 0 saturated carbocycles. The minimum atomic E-state index is -0.0797. The molecule has 0 spiro atoms. The highest BCUT2D eigenvalue weighted by Gasteiger charge is 2.20. The number of aromatic amines is 1. The predicted molar refractivity (Wildman–Crippen MR) is 76.2 cm³/mol. The van der Waals surface area contributed by atoms with Gasteiger partial charge in [-0.2, -0.15) is 0 Å². The Kier molecular flexibility index (Phi) is 4.02. The molecule has 2 rings (SSSR count). The Bertz CT molecular complexity index is 601. The van der Waals surface area contributed by atoms with Crippen molar-refractivity contribution in [1.29, 1.82) is 0 Å². The topological polar surface area (TPSA) is 56.3 Å². The van der Waals surface area contributed by atoms with E-state index < -0.39 is 0 Å². The normalized spacial score (nSPS) is 10.6. The summed E-state index contributed by atoms with van der Waals surface area (Å²) in [5.74, 6) is -0.0797. The summed E-state index contributed by atoms with van der Waals surface area (Å²) in [5, 5.41) is 9.97. The number of nitrogens with zero attached hydrogens (tertiary/aromatic N) is 1. The average molecular weight is 258 g/mol. The maximum atomic E-state index is 12.6. The summed E-state index contributed by atoms with van der Waals surface area (Å²) in [6, 6.07) is 7.72. The number of aliphatic hydroxyl groups excluding tert-OH is 1. The van der Waals surface area contributed by atoms with Gasteiger partial charge in [-0.15, -0.1) is 6.58 Å². The Morgan fingerprint density at radius 2 is 2.21 bits per heavy atom. The first-order valence-electron chi connectivity index (χ1n) is 6.27. The van der Waals surface area contributed by atoms with Crippen molar-refractivity contribution in [3.63, 3.8) is 0 Å². The minimum absolute atomic E-state index is 0.0546. The average Bonchev–Trinajstić information content (AvgIpc) is 2.73. The van der Waals surface area contributed by atoms with Gasteiger partial charge in [0.05, 0.1) is 12.2 Å². The molecule has 1 aromatic heterocycles. The number of rotatable bonds is 5. The number of amides is 1. The van der Waals surface area contributed by atoms with Crippen LogP contribution in [0.1, 0.15) is 16.1 Å². The van der Waals surface area contributed by atoms with Gasteiger partial charge < -0.3 is 15.0 Å². The lowest BCUT2D eigenvalue weighted by molar-refractivity contribution is 0.0744. The van der Waals surface area contributed by atoms with E-state index in [-0.39, 0.29) is 12.5 Å². The first-order chi connectivity index (χ1) is 9.19. The molecule has 0 aliphatic heterocycles. The quantitative estimate of drug-likeness (QED) is 0.807. The molecule has 0 fully saturated rings. The molecule has 1 amide bonds. The van der Waals surface area contributed by atoms with Crippen molar-refractivity contribution in [2.24, 2.45) is 0 Å². The maximum absolute atomic E-state index is 12.6. The summed E-state index contributed by atoms with van der Waals surface area (Å²) in [6.45, 7) is 6.22. The lowest BCUT2D eigenvalue weighted by Gasteiger charge is -2.20. The molecule has 2 N–H and O–H groups in total. The van der Waals surface area contributed by atoms with Gasteiger partial charge in [0.2, 0.25) is 0 Å². The number of carbonyl (C=O) groups is 1. The fourth-order valence-electron chi connectivity index (χ4n) is 2.26. The molecule has 4 heteroatoms. The largest absolute Gasteiger partial charge is 0.395 e. The molecule has 4 nitrogen and oxygen atoms in total. The van der Waals surface area contributed by atoms with E-state index in [1.54, 1.807) is 11.0 Å². The molecule has 0 atom stereocenters. The lowest BCUT2D eigenvalue weighted by Crippen LogP contribution is -2.34. The molecule has 2 aromatic rings. The number of fused-ring (bicyclic) bond motifs is 1. The van der Waals surface area contributed by atoms with Crippen LogP contribution < -0.4 is 0 Å². The van der Waals surface area contributed by atoms with E-state index in [9.17, 15) is 4.79 Å². The van der Waals surface area contributed by atoms with Crippen molar-refractivity contribution >= 4 is 16.8 Å². The molecule has 0 bridgehead atoms. The molecule has 0 aliphatic carbocycles.